The molecule has 15 heavy (non-hydrogen) atoms. The quantitative estimate of drug-likeness (QED) is 0.863. The largest absolute Gasteiger partial charge is 0.392 e. The topological polar surface area (TPSA) is 20.2 Å². The molecule has 82 valence electrons. The Bertz CT molecular complexity index is 365. The fraction of sp³-hybridized carbons (Fsp3) is 0.500. The van der Waals surface area contributed by atoms with E-state index in [0.29, 0.717) is 28.3 Å². The van der Waals surface area contributed by atoms with Gasteiger partial charge in [0.05, 0.1) is 6.10 Å². The number of halogens is 2. The van der Waals surface area contributed by atoms with Gasteiger partial charge in [0.15, 0.2) is 0 Å². The Morgan fingerprint density at radius 2 is 2.13 bits per heavy atom. The lowest BCUT2D eigenvalue weighted by Crippen LogP contribution is -2.14. The highest BCUT2D eigenvalue weighted by Crippen LogP contribution is 2.41. The molecular weight excluding hydrogens is 231 g/mol. The van der Waals surface area contributed by atoms with Gasteiger partial charge in [-0.15, -0.1) is 0 Å². The zero-order valence-electron chi connectivity index (χ0n) is 8.58. The molecule has 1 saturated carbocycles. The van der Waals surface area contributed by atoms with Crippen LogP contribution in [-0.4, -0.2) is 11.2 Å². The van der Waals surface area contributed by atoms with Crippen molar-refractivity contribution in [1.82, 2.24) is 0 Å². The van der Waals surface area contributed by atoms with E-state index in [9.17, 15) is 5.11 Å². The third-order valence-electron chi connectivity index (χ3n) is 3.10. The van der Waals surface area contributed by atoms with Crippen LogP contribution in [-0.2, 0) is 6.42 Å². The lowest BCUT2D eigenvalue weighted by Gasteiger charge is -2.11. The minimum absolute atomic E-state index is 0.282. The van der Waals surface area contributed by atoms with Crippen LogP contribution in [0.3, 0.4) is 0 Å². The summed E-state index contributed by atoms with van der Waals surface area (Å²) < 4.78 is 0. The van der Waals surface area contributed by atoms with E-state index in [1.54, 1.807) is 12.1 Å². The molecule has 0 bridgehead atoms. The molecule has 3 unspecified atom stereocenters. The van der Waals surface area contributed by atoms with Crippen molar-refractivity contribution in [3.63, 3.8) is 0 Å². The second-order valence-electron chi connectivity index (χ2n) is 4.38. The summed E-state index contributed by atoms with van der Waals surface area (Å²) in [6.45, 7) is 2.16. The van der Waals surface area contributed by atoms with Crippen LogP contribution in [0.25, 0.3) is 0 Å². The first-order chi connectivity index (χ1) is 7.08. The van der Waals surface area contributed by atoms with Crippen LogP contribution in [0.15, 0.2) is 18.2 Å². The Hall–Kier alpha value is -0.240. The van der Waals surface area contributed by atoms with Crippen LogP contribution < -0.4 is 0 Å². The second-order valence-corrected chi connectivity index (χ2v) is 5.23. The normalized spacial score (nSPS) is 26.4. The molecule has 1 N–H and O–H groups in total. The van der Waals surface area contributed by atoms with Gasteiger partial charge in [-0.1, -0.05) is 30.1 Å². The zero-order valence-corrected chi connectivity index (χ0v) is 10.1. The molecule has 0 aliphatic heterocycles. The Morgan fingerprint density at radius 1 is 1.47 bits per heavy atom. The van der Waals surface area contributed by atoms with Gasteiger partial charge in [-0.3, -0.25) is 0 Å². The van der Waals surface area contributed by atoms with E-state index in [1.165, 1.54) is 0 Å². The molecule has 1 fully saturated rings. The molecule has 1 aliphatic carbocycles. The van der Waals surface area contributed by atoms with E-state index in [2.05, 4.69) is 6.92 Å². The highest BCUT2D eigenvalue weighted by atomic mass is 35.5. The van der Waals surface area contributed by atoms with E-state index in [4.69, 9.17) is 23.2 Å². The fourth-order valence-electron chi connectivity index (χ4n) is 1.96. The maximum atomic E-state index is 9.93. The smallest absolute Gasteiger partial charge is 0.0611 e. The fourth-order valence-corrected chi connectivity index (χ4v) is 2.35. The number of aliphatic hydroxyl groups excluding tert-OH is 1. The van der Waals surface area contributed by atoms with Crippen molar-refractivity contribution in [2.45, 2.75) is 25.9 Å². The van der Waals surface area contributed by atoms with Gasteiger partial charge in [0.1, 0.15) is 0 Å². The van der Waals surface area contributed by atoms with Gasteiger partial charge in [-0.2, -0.15) is 0 Å². The van der Waals surface area contributed by atoms with Crippen LogP contribution >= 0.6 is 23.2 Å². The van der Waals surface area contributed by atoms with Gasteiger partial charge in [0.2, 0.25) is 0 Å². The number of aliphatic hydroxyl groups is 1. The van der Waals surface area contributed by atoms with Crippen LogP contribution in [0, 0.1) is 11.8 Å². The van der Waals surface area contributed by atoms with E-state index < -0.39 is 0 Å². The lowest BCUT2D eigenvalue weighted by atomic mass is 10.0. The number of hydrogen-bond acceptors (Lipinski definition) is 1. The Labute approximate surface area is 100 Å². The van der Waals surface area contributed by atoms with Gasteiger partial charge < -0.3 is 5.11 Å². The molecular formula is C12H14Cl2O. The maximum absolute atomic E-state index is 9.93. The second kappa shape index (κ2) is 4.32. The van der Waals surface area contributed by atoms with Gasteiger partial charge in [0, 0.05) is 16.5 Å². The Morgan fingerprint density at radius 3 is 2.73 bits per heavy atom. The molecule has 0 amide bonds. The molecule has 2 rings (SSSR count). The van der Waals surface area contributed by atoms with Crippen LogP contribution in [0.2, 0.25) is 10.0 Å². The number of benzene rings is 1. The third kappa shape index (κ3) is 2.66. The summed E-state index contributed by atoms with van der Waals surface area (Å²) in [4.78, 5) is 0. The average molecular weight is 245 g/mol. The molecule has 3 heteroatoms. The summed E-state index contributed by atoms with van der Waals surface area (Å²) in [5.74, 6) is 1.10. The van der Waals surface area contributed by atoms with E-state index >= 15 is 0 Å². The predicted molar refractivity (Wildman–Crippen MR) is 63.4 cm³/mol. The molecule has 1 aromatic rings. The van der Waals surface area contributed by atoms with Gasteiger partial charge in [-0.25, -0.2) is 0 Å². The Kier molecular flexibility index (Phi) is 3.24. The summed E-state index contributed by atoms with van der Waals surface area (Å²) in [5.41, 5.74) is 0.941. The summed E-state index contributed by atoms with van der Waals surface area (Å²) in [7, 11) is 0. The van der Waals surface area contributed by atoms with E-state index in [0.717, 1.165) is 12.0 Å². The maximum Gasteiger partial charge on any atom is 0.0611 e. The van der Waals surface area contributed by atoms with E-state index in [1.807, 2.05) is 6.07 Å². The zero-order chi connectivity index (χ0) is 11.0. The van der Waals surface area contributed by atoms with Crippen molar-refractivity contribution >= 4 is 23.2 Å². The molecule has 1 aromatic carbocycles. The van der Waals surface area contributed by atoms with Crippen molar-refractivity contribution < 1.29 is 5.11 Å². The molecule has 1 aliphatic rings. The van der Waals surface area contributed by atoms with E-state index in [-0.39, 0.29) is 6.10 Å². The lowest BCUT2D eigenvalue weighted by molar-refractivity contribution is 0.146. The minimum Gasteiger partial charge on any atom is -0.392 e. The molecule has 0 saturated heterocycles. The Balaban J connectivity index is 2.06. The SMILES string of the molecule is CC1CC1C(O)Cc1cc(Cl)ccc1Cl. The minimum atomic E-state index is -0.282. The summed E-state index contributed by atoms with van der Waals surface area (Å²) in [6, 6.07) is 5.38. The highest BCUT2D eigenvalue weighted by molar-refractivity contribution is 6.33. The standard InChI is InChI=1S/C12H14Cl2O/c1-7-4-10(7)12(15)6-8-5-9(13)2-3-11(8)14/h2-3,5,7,10,12,15H,4,6H2,1H3. The van der Waals surface area contributed by atoms with Crippen molar-refractivity contribution in [2.24, 2.45) is 11.8 Å². The molecule has 0 radical (unpaired) electrons. The van der Waals surface area contributed by atoms with Crippen molar-refractivity contribution in [3.8, 4) is 0 Å². The molecule has 0 heterocycles. The number of hydrogen-bond donors (Lipinski definition) is 1. The first-order valence-corrected chi connectivity index (χ1v) is 5.95. The highest BCUT2D eigenvalue weighted by Gasteiger charge is 2.38. The first kappa shape index (κ1) is 11.3. The molecule has 3 atom stereocenters. The van der Waals surface area contributed by atoms with Crippen LogP contribution in [0.5, 0.6) is 0 Å². The van der Waals surface area contributed by atoms with Crippen molar-refractivity contribution in [3.05, 3.63) is 33.8 Å². The number of rotatable bonds is 3. The molecule has 0 spiro atoms. The monoisotopic (exact) mass is 244 g/mol. The first-order valence-electron chi connectivity index (χ1n) is 5.20. The average Bonchev–Trinajstić information content (AvgIpc) is 2.89. The van der Waals surface area contributed by atoms with Gasteiger partial charge in [-0.05, 0) is 42.0 Å². The molecule has 0 aromatic heterocycles. The van der Waals surface area contributed by atoms with Gasteiger partial charge >= 0.3 is 0 Å². The van der Waals surface area contributed by atoms with Crippen molar-refractivity contribution in [1.29, 1.82) is 0 Å². The predicted octanol–water partition coefficient (Wildman–Crippen LogP) is 3.55. The van der Waals surface area contributed by atoms with Crippen molar-refractivity contribution in [2.75, 3.05) is 0 Å². The van der Waals surface area contributed by atoms with Gasteiger partial charge in [0.25, 0.3) is 0 Å². The van der Waals surface area contributed by atoms with Crippen LogP contribution in [0.1, 0.15) is 18.9 Å². The summed E-state index contributed by atoms with van der Waals surface area (Å²) >= 11 is 11.9. The molecule has 1 nitrogen and oxygen atoms in total. The van der Waals surface area contributed by atoms with Crippen LogP contribution in [0.4, 0.5) is 0 Å². The summed E-state index contributed by atoms with van der Waals surface area (Å²) in [6.07, 6.45) is 1.45. The summed E-state index contributed by atoms with van der Waals surface area (Å²) in [5, 5.41) is 11.3. The third-order valence-corrected chi connectivity index (χ3v) is 3.71.